The van der Waals surface area contributed by atoms with Crippen LogP contribution in [-0.4, -0.2) is 59.9 Å². The zero-order valence-electron chi connectivity index (χ0n) is 8.74. The number of piperazine rings is 1. The Labute approximate surface area is 97.5 Å². The van der Waals surface area contributed by atoms with Crippen molar-refractivity contribution in [3.8, 4) is 0 Å². The third-order valence-electron chi connectivity index (χ3n) is 2.27. The molecule has 5 nitrogen and oxygen atoms in total. The van der Waals surface area contributed by atoms with E-state index < -0.39 is 0 Å². The topological polar surface area (TPSA) is 49.9 Å². The molecule has 1 aliphatic heterocycles. The first-order chi connectivity index (χ1) is 7.19. The highest BCUT2D eigenvalue weighted by molar-refractivity contribution is 9.09. The molecule has 0 aliphatic carbocycles. The Morgan fingerprint density at radius 2 is 1.73 bits per heavy atom. The maximum atomic E-state index is 11.3. The molecule has 0 N–H and O–H groups in total. The molecule has 0 spiro atoms. The number of hydrogen-bond donors (Lipinski definition) is 0. The minimum Gasteiger partial charge on any atom is -0.450 e. The lowest BCUT2D eigenvalue weighted by molar-refractivity contribution is -0.129. The number of carbonyl (C=O) groups is 2. The molecule has 0 aromatic heterocycles. The summed E-state index contributed by atoms with van der Waals surface area (Å²) in [6.07, 6.45) is -0.288. The Morgan fingerprint density at radius 3 is 2.20 bits per heavy atom. The first-order valence-electron chi connectivity index (χ1n) is 4.94. The monoisotopic (exact) mass is 278 g/mol. The molecule has 1 saturated heterocycles. The van der Waals surface area contributed by atoms with E-state index in [1.165, 1.54) is 0 Å². The quantitative estimate of drug-likeness (QED) is 0.698. The van der Waals surface area contributed by atoms with Crippen molar-refractivity contribution >= 4 is 27.9 Å². The van der Waals surface area contributed by atoms with Crippen molar-refractivity contribution < 1.29 is 14.3 Å². The molecule has 86 valence electrons. The van der Waals surface area contributed by atoms with Gasteiger partial charge in [0, 0.05) is 26.2 Å². The second kappa shape index (κ2) is 5.95. The zero-order chi connectivity index (χ0) is 11.3. The standard InChI is InChI=1S/C9H15BrN2O3/c1-2-15-9(14)12-5-3-11(4-6-12)8(13)7-10/h2-7H2,1H3. The minimum atomic E-state index is -0.288. The average molecular weight is 279 g/mol. The number of halogens is 1. The Kier molecular flexibility index (Phi) is 4.87. The molecule has 1 rings (SSSR count). The van der Waals surface area contributed by atoms with Crippen molar-refractivity contribution in [3.63, 3.8) is 0 Å². The van der Waals surface area contributed by atoms with Gasteiger partial charge in [0.1, 0.15) is 0 Å². The molecule has 0 aromatic rings. The highest BCUT2D eigenvalue weighted by atomic mass is 79.9. The summed E-state index contributed by atoms with van der Waals surface area (Å²) in [6, 6.07) is 0. The summed E-state index contributed by atoms with van der Waals surface area (Å²) in [4.78, 5) is 26.0. The predicted molar refractivity (Wildman–Crippen MR) is 59.0 cm³/mol. The molecular formula is C9H15BrN2O3. The van der Waals surface area contributed by atoms with Crippen LogP contribution in [0, 0.1) is 0 Å². The van der Waals surface area contributed by atoms with Gasteiger partial charge in [-0.2, -0.15) is 0 Å². The highest BCUT2D eigenvalue weighted by Gasteiger charge is 2.23. The van der Waals surface area contributed by atoms with Crippen LogP contribution in [0.4, 0.5) is 4.79 Å². The van der Waals surface area contributed by atoms with Crippen LogP contribution in [0.2, 0.25) is 0 Å². The molecule has 0 atom stereocenters. The summed E-state index contributed by atoms with van der Waals surface area (Å²) in [7, 11) is 0. The second-order valence-electron chi connectivity index (χ2n) is 3.20. The smallest absolute Gasteiger partial charge is 0.409 e. The van der Waals surface area contributed by atoms with Gasteiger partial charge in [-0.25, -0.2) is 4.79 Å². The lowest BCUT2D eigenvalue weighted by Gasteiger charge is -2.33. The SMILES string of the molecule is CCOC(=O)N1CCN(C(=O)CBr)CC1. The van der Waals surface area contributed by atoms with E-state index in [0.717, 1.165) is 0 Å². The molecule has 6 heteroatoms. The van der Waals surface area contributed by atoms with Crippen LogP contribution >= 0.6 is 15.9 Å². The molecule has 1 aliphatic rings. The lowest BCUT2D eigenvalue weighted by Crippen LogP contribution is -2.51. The summed E-state index contributed by atoms with van der Waals surface area (Å²) >= 11 is 3.12. The Hall–Kier alpha value is -0.780. The van der Waals surface area contributed by atoms with Gasteiger partial charge in [0.05, 0.1) is 11.9 Å². The Bertz CT molecular complexity index is 240. The van der Waals surface area contributed by atoms with E-state index in [2.05, 4.69) is 15.9 Å². The molecular weight excluding hydrogens is 264 g/mol. The van der Waals surface area contributed by atoms with E-state index >= 15 is 0 Å². The lowest BCUT2D eigenvalue weighted by atomic mass is 10.3. The molecule has 0 unspecified atom stereocenters. The molecule has 2 amide bonds. The van der Waals surface area contributed by atoms with E-state index in [4.69, 9.17) is 4.74 Å². The van der Waals surface area contributed by atoms with Crippen LogP contribution in [0.1, 0.15) is 6.92 Å². The Morgan fingerprint density at radius 1 is 1.20 bits per heavy atom. The molecule has 0 saturated carbocycles. The zero-order valence-corrected chi connectivity index (χ0v) is 10.3. The number of rotatable bonds is 2. The van der Waals surface area contributed by atoms with Crippen molar-refractivity contribution in [2.45, 2.75) is 6.92 Å². The van der Waals surface area contributed by atoms with E-state index in [1.807, 2.05) is 0 Å². The first kappa shape index (κ1) is 12.3. The van der Waals surface area contributed by atoms with Crippen LogP contribution in [0.15, 0.2) is 0 Å². The van der Waals surface area contributed by atoms with E-state index in [0.29, 0.717) is 38.1 Å². The van der Waals surface area contributed by atoms with Crippen molar-refractivity contribution in [1.82, 2.24) is 9.80 Å². The number of ether oxygens (including phenoxy) is 1. The highest BCUT2D eigenvalue weighted by Crippen LogP contribution is 2.04. The Balaban J connectivity index is 2.35. The molecule has 1 fully saturated rings. The fraction of sp³-hybridized carbons (Fsp3) is 0.778. The van der Waals surface area contributed by atoms with Crippen molar-refractivity contribution in [3.05, 3.63) is 0 Å². The largest absolute Gasteiger partial charge is 0.450 e. The van der Waals surface area contributed by atoms with Crippen molar-refractivity contribution in [2.24, 2.45) is 0 Å². The minimum absolute atomic E-state index is 0.0681. The molecule has 15 heavy (non-hydrogen) atoms. The van der Waals surface area contributed by atoms with Crippen LogP contribution < -0.4 is 0 Å². The third kappa shape index (κ3) is 3.37. The number of hydrogen-bond acceptors (Lipinski definition) is 3. The molecule has 0 aromatic carbocycles. The van der Waals surface area contributed by atoms with Crippen molar-refractivity contribution in [2.75, 3.05) is 38.1 Å². The second-order valence-corrected chi connectivity index (χ2v) is 3.76. The number of amides is 2. The van der Waals surface area contributed by atoms with E-state index in [1.54, 1.807) is 16.7 Å². The van der Waals surface area contributed by atoms with Crippen LogP contribution in [-0.2, 0) is 9.53 Å². The number of nitrogens with zero attached hydrogens (tertiary/aromatic N) is 2. The molecule has 1 heterocycles. The van der Waals surface area contributed by atoms with E-state index in [-0.39, 0.29) is 12.0 Å². The maximum Gasteiger partial charge on any atom is 0.409 e. The van der Waals surface area contributed by atoms with E-state index in [9.17, 15) is 9.59 Å². The van der Waals surface area contributed by atoms with Gasteiger partial charge in [0.15, 0.2) is 0 Å². The van der Waals surface area contributed by atoms with Gasteiger partial charge in [0.25, 0.3) is 0 Å². The van der Waals surface area contributed by atoms with Gasteiger partial charge in [0.2, 0.25) is 5.91 Å². The van der Waals surface area contributed by atoms with Gasteiger partial charge in [-0.1, -0.05) is 15.9 Å². The summed E-state index contributed by atoms with van der Waals surface area (Å²) in [5.41, 5.74) is 0. The summed E-state index contributed by atoms with van der Waals surface area (Å²) in [6.45, 7) is 4.45. The average Bonchev–Trinajstić information content (AvgIpc) is 2.28. The fourth-order valence-corrected chi connectivity index (χ4v) is 1.79. The third-order valence-corrected chi connectivity index (χ3v) is 2.75. The molecule has 0 radical (unpaired) electrons. The number of alkyl halides is 1. The summed E-state index contributed by atoms with van der Waals surface area (Å²) in [5, 5.41) is 0.340. The van der Waals surface area contributed by atoms with Gasteiger partial charge in [-0.15, -0.1) is 0 Å². The van der Waals surface area contributed by atoms with Gasteiger partial charge < -0.3 is 14.5 Å². The van der Waals surface area contributed by atoms with Crippen LogP contribution in [0.25, 0.3) is 0 Å². The fourth-order valence-electron chi connectivity index (χ4n) is 1.44. The first-order valence-corrected chi connectivity index (χ1v) is 6.06. The van der Waals surface area contributed by atoms with Crippen LogP contribution in [0.3, 0.4) is 0 Å². The van der Waals surface area contributed by atoms with Crippen molar-refractivity contribution in [1.29, 1.82) is 0 Å². The molecule has 0 bridgehead atoms. The van der Waals surface area contributed by atoms with Gasteiger partial charge in [-0.05, 0) is 6.92 Å². The maximum absolute atomic E-state index is 11.3. The van der Waals surface area contributed by atoms with Gasteiger partial charge in [-0.3, -0.25) is 4.79 Å². The number of carbonyl (C=O) groups excluding carboxylic acids is 2. The van der Waals surface area contributed by atoms with Crippen LogP contribution in [0.5, 0.6) is 0 Å². The normalized spacial score (nSPS) is 16.4. The summed E-state index contributed by atoms with van der Waals surface area (Å²) < 4.78 is 4.88. The predicted octanol–water partition coefficient (Wildman–Crippen LogP) is 0.682. The summed E-state index contributed by atoms with van der Waals surface area (Å²) in [5.74, 6) is 0.0681. The van der Waals surface area contributed by atoms with Gasteiger partial charge >= 0.3 is 6.09 Å².